The number of hydrogen-bond acceptors (Lipinski definition) is 4. The third-order valence-corrected chi connectivity index (χ3v) is 4.11. The standard InChI is InChI=1S/C14H18N2OS/c1-14(2,13-4-3-7-18-13)10-15-8-11-5-6-12(17)9-16-11/h3-7,9,15,17H,8,10H2,1-2H3. The molecule has 0 aliphatic heterocycles. The number of thiophene rings is 1. The quantitative estimate of drug-likeness (QED) is 0.871. The summed E-state index contributed by atoms with van der Waals surface area (Å²) in [6, 6.07) is 7.75. The van der Waals surface area contributed by atoms with E-state index in [0.29, 0.717) is 0 Å². The number of aromatic nitrogens is 1. The van der Waals surface area contributed by atoms with Crippen LogP contribution in [0.3, 0.4) is 0 Å². The van der Waals surface area contributed by atoms with Crippen LogP contribution >= 0.6 is 11.3 Å². The predicted octanol–water partition coefficient (Wildman–Crippen LogP) is 2.92. The minimum atomic E-state index is 0.130. The molecule has 0 atom stereocenters. The van der Waals surface area contributed by atoms with Crippen molar-refractivity contribution < 1.29 is 5.11 Å². The van der Waals surface area contributed by atoms with Gasteiger partial charge in [0.15, 0.2) is 0 Å². The van der Waals surface area contributed by atoms with Crippen molar-refractivity contribution >= 4 is 11.3 Å². The van der Waals surface area contributed by atoms with E-state index in [1.165, 1.54) is 11.1 Å². The average molecular weight is 262 g/mol. The highest BCUT2D eigenvalue weighted by molar-refractivity contribution is 7.10. The zero-order valence-electron chi connectivity index (χ0n) is 10.7. The molecular weight excluding hydrogens is 244 g/mol. The Morgan fingerprint density at radius 1 is 1.33 bits per heavy atom. The van der Waals surface area contributed by atoms with Gasteiger partial charge in [-0.3, -0.25) is 4.98 Å². The van der Waals surface area contributed by atoms with Crippen LogP contribution in [0.1, 0.15) is 24.4 Å². The van der Waals surface area contributed by atoms with Gasteiger partial charge in [-0.1, -0.05) is 19.9 Å². The monoisotopic (exact) mass is 262 g/mol. The highest BCUT2D eigenvalue weighted by atomic mass is 32.1. The van der Waals surface area contributed by atoms with Crippen LogP contribution in [0.4, 0.5) is 0 Å². The molecule has 3 nitrogen and oxygen atoms in total. The lowest BCUT2D eigenvalue weighted by Gasteiger charge is -2.23. The van der Waals surface area contributed by atoms with Gasteiger partial charge in [-0.15, -0.1) is 11.3 Å². The van der Waals surface area contributed by atoms with E-state index in [1.807, 2.05) is 6.07 Å². The minimum absolute atomic E-state index is 0.130. The number of pyridine rings is 1. The number of nitrogens with zero attached hydrogens (tertiary/aromatic N) is 1. The molecule has 0 aliphatic rings. The molecule has 4 heteroatoms. The van der Waals surface area contributed by atoms with E-state index in [1.54, 1.807) is 17.4 Å². The first kappa shape index (κ1) is 13.1. The Kier molecular flexibility index (Phi) is 3.99. The van der Waals surface area contributed by atoms with Crippen LogP contribution in [0.2, 0.25) is 0 Å². The van der Waals surface area contributed by atoms with Gasteiger partial charge in [0.05, 0.1) is 11.9 Å². The van der Waals surface area contributed by atoms with Gasteiger partial charge in [0.2, 0.25) is 0 Å². The third kappa shape index (κ3) is 3.31. The van der Waals surface area contributed by atoms with Gasteiger partial charge in [-0.25, -0.2) is 0 Å². The van der Waals surface area contributed by atoms with Gasteiger partial charge in [0.1, 0.15) is 5.75 Å². The van der Waals surface area contributed by atoms with Crippen molar-refractivity contribution in [2.75, 3.05) is 6.54 Å². The second-order valence-electron chi connectivity index (χ2n) is 4.97. The molecule has 0 amide bonds. The van der Waals surface area contributed by atoms with Crippen molar-refractivity contribution in [1.82, 2.24) is 10.3 Å². The van der Waals surface area contributed by atoms with Gasteiger partial charge < -0.3 is 10.4 Å². The molecule has 2 aromatic rings. The smallest absolute Gasteiger partial charge is 0.133 e. The first-order valence-corrected chi connectivity index (χ1v) is 6.84. The predicted molar refractivity (Wildman–Crippen MR) is 75.0 cm³/mol. The van der Waals surface area contributed by atoms with Crippen molar-refractivity contribution in [3.05, 3.63) is 46.4 Å². The van der Waals surface area contributed by atoms with Crippen LogP contribution in [0.5, 0.6) is 5.75 Å². The second-order valence-corrected chi connectivity index (χ2v) is 5.92. The van der Waals surface area contributed by atoms with Gasteiger partial charge in [0.25, 0.3) is 0 Å². The molecule has 2 aromatic heterocycles. The molecule has 2 N–H and O–H groups in total. The van der Waals surface area contributed by atoms with E-state index in [2.05, 4.69) is 41.7 Å². The Balaban J connectivity index is 1.87. The normalized spacial score (nSPS) is 11.7. The molecule has 0 spiro atoms. The molecule has 0 saturated heterocycles. The first-order valence-electron chi connectivity index (χ1n) is 5.96. The third-order valence-electron chi connectivity index (χ3n) is 2.87. The average Bonchev–Trinajstić information content (AvgIpc) is 2.86. The molecule has 2 heterocycles. The molecule has 0 unspecified atom stereocenters. The maximum Gasteiger partial charge on any atom is 0.133 e. The van der Waals surface area contributed by atoms with Crippen molar-refractivity contribution in [3.8, 4) is 5.75 Å². The zero-order chi connectivity index (χ0) is 13.0. The number of nitrogens with one attached hydrogen (secondary N) is 1. The van der Waals surface area contributed by atoms with Gasteiger partial charge in [0, 0.05) is 23.4 Å². The Bertz CT molecular complexity index is 477. The molecule has 18 heavy (non-hydrogen) atoms. The van der Waals surface area contributed by atoms with E-state index < -0.39 is 0 Å². The SMILES string of the molecule is CC(C)(CNCc1ccc(O)cn1)c1cccs1. The largest absolute Gasteiger partial charge is 0.506 e. The van der Waals surface area contributed by atoms with E-state index in [-0.39, 0.29) is 11.2 Å². The summed E-state index contributed by atoms with van der Waals surface area (Å²) in [5, 5.41) is 14.7. The number of aromatic hydroxyl groups is 1. The maximum atomic E-state index is 9.15. The van der Waals surface area contributed by atoms with Crippen LogP contribution in [0, 0.1) is 0 Å². The Morgan fingerprint density at radius 3 is 2.78 bits per heavy atom. The van der Waals surface area contributed by atoms with E-state index in [9.17, 15) is 0 Å². The molecule has 2 rings (SSSR count). The van der Waals surface area contributed by atoms with Crippen molar-refractivity contribution in [1.29, 1.82) is 0 Å². The first-order chi connectivity index (χ1) is 8.58. The van der Waals surface area contributed by atoms with Crippen LogP contribution in [-0.2, 0) is 12.0 Å². The van der Waals surface area contributed by atoms with Crippen molar-refractivity contribution in [2.24, 2.45) is 0 Å². The van der Waals surface area contributed by atoms with Crippen LogP contribution < -0.4 is 5.32 Å². The number of hydrogen-bond donors (Lipinski definition) is 2. The van der Waals surface area contributed by atoms with Gasteiger partial charge in [-0.2, -0.15) is 0 Å². The Hall–Kier alpha value is -1.39. The van der Waals surface area contributed by atoms with Crippen LogP contribution in [-0.4, -0.2) is 16.6 Å². The summed E-state index contributed by atoms with van der Waals surface area (Å²) < 4.78 is 0. The molecule has 0 saturated carbocycles. The molecule has 0 aliphatic carbocycles. The minimum Gasteiger partial charge on any atom is -0.506 e. The van der Waals surface area contributed by atoms with Crippen LogP contribution in [0.25, 0.3) is 0 Å². The summed E-state index contributed by atoms with van der Waals surface area (Å²) in [5.41, 5.74) is 1.07. The zero-order valence-corrected chi connectivity index (χ0v) is 11.5. The summed E-state index contributed by atoms with van der Waals surface area (Å²) in [4.78, 5) is 5.53. The van der Waals surface area contributed by atoms with Crippen molar-refractivity contribution in [2.45, 2.75) is 25.8 Å². The van der Waals surface area contributed by atoms with Crippen LogP contribution in [0.15, 0.2) is 35.8 Å². The molecule has 0 radical (unpaired) electrons. The van der Waals surface area contributed by atoms with E-state index >= 15 is 0 Å². The molecule has 0 fully saturated rings. The number of rotatable bonds is 5. The molecule has 96 valence electrons. The molecule has 0 aromatic carbocycles. The lowest BCUT2D eigenvalue weighted by Crippen LogP contribution is -2.32. The summed E-state index contributed by atoms with van der Waals surface area (Å²) in [6.45, 7) is 6.08. The summed E-state index contributed by atoms with van der Waals surface area (Å²) >= 11 is 1.79. The fraction of sp³-hybridized carbons (Fsp3) is 0.357. The fourth-order valence-corrected chi connectivity index (χ4v) is 2.63. The lowest BCUT2D eigenvalue weighted by molar-refractivity contribution is 0.466. The van der Waals surface area contributed by atoms with Gasteiger partial charge >= 0.3 is 0 Å². The van der Waals surface area contributed by atoms with Gasteiger partial charge in [-0.05, 0) is 23.6 Å². The fourth-order valence-electron chi connectivity index (χ4n) is 1.78. The summed E-state index contributed by atoms with van der Waals surface area (Å²) in [5.74, 6) is 0.206. The summed E-state index contributed by atoms with van der Waals surface area (Å²) in [7, 11) is 0. The maximum absolute atomic E-state index is 9.15. The molecule has 0 bridgehead atoms. The van der Waals surface area contributed by atoms with E-state index in [0.717, 1.165) is 18.8 Å². The van der Waals surface area contributed by atoms with E-state index in [4.69, 9.17) is 5.11 Å². The highest BCUT2D eigenvalue weighted by Gasteiger charge is 2.20. The van der Waals surface area contributed by atoms with Crippen molar-refractivity contribution in [3.63, 3.8) is 0 Å². The highest BCUT2D eigenvalue weighted by Crippen LogP contribution is 2.26. The topological polar surface area (TPSA) is 45.1 Å². The Labute approximate surface area is 112 Å². The Morgan fingerprint density at radius 2 is 2.17 bits per heavy atom. The lowest BCUT2D eigenvalue weighted by atomic mass is 9.91. The second kappa shape index (κ2) is 5.50. The molecular formula is C14H18N2OS. The summed E-state index contributed by atoms with van der Waals surface area (Å²) in [6.07, 6.45) is 1.47.